The zero-order valence-electron chi connectivity index (χ0n) is 17.9. The van der Waals surface area contributed by atoms with Crippen LogP contribution in [0.4, 0.5) is 4.39 Å². The van der Waals surface area contributed by atoms with Crippen molar-refractivity contribution in [3.8, 4) is 11.5 Å². The van der Waals surface area contributed by atoms with E-state index in [2.05, 4.69) is 10.1 Å². The van der Waals surface area contributed by atoms with Crippen LogP contribution >= 0.6 is 23.4 Å². The maximum absolute atomic E-state index is 13.9. The molecule has 0 saturated carbocycles. The van der Waals surface area contributed by atoms with Crippen LogP contribution in [0.1, 0.15) is 30.9 Å². The van der Waals surface area contributed by atoms with Crippen molar-refractivity contribution >= 4 is 51.4 Å². The summed E-state index contributed by atoms with van der Waals surface area (Å²) in [7, 11) is 1.45. The second-order valence-electron chi connectivity index (χ2n) is 7.18. The molecule has 0 atom stereocenters. The van der Waals surface area contributed by atoms with E-state index < -0.39 is 5.91 Å². The van der Waals surface area contributed by atoms with Crippen molar-refractivity contribution in [2.24, 2.45) is 10.1 Å². The number of methoxy groups -OCH3 is 1. The highest BCUT2D eigenvalue weighted by Crippen LogP contribution is 2.38. The zero-order valence-corrected chi connectivity index (χ0v) is 19.5. The summed E-state index contributed by atoms with van der Waals surface area (Å²) in [5, 5.41) is 15.6. The Morgan fingerprint density at radius 2 is 2.09 bits per heavy atom. The number of carbonyl (C=O) groups excluding carboxylic acids is 1. The molecule has 2 aliphatic heterocycles. The Balaban J connectivity index is 1.61. The monoisotopic (exact) mass is 486 g/mol. The van der Waals surface area contributed by atoms with Gasteiger partial charge in [0.15, 0.2) is 17.3 Å². The molecule has 1 N–H and O–H groups in total. The van der Waals surface area contributed by atoms with Gasteiger partial charge in [0.1, 0.15) is 17.5 Å². The van der Waals surface area contributed by atoms with Gasteiger partial charge in [-0.15, -0.1) is 0 Å². The molecule has 33 heavy (non-hydrogen) atoms. The predicted molar refractivity (Wildman–Crippen MR) is 129 cm³/mol. The first-order valence-electron chi connectivity index (χ1n) is 10.1. The van der Waals surface area contributed by atoms with Gasteiger partial charge in [-0.1, -0.05) is 36.7 Å². The average molecular weight is 487 g/mol. The van der Waals surface area contributed by atoms with Crippen LogP contribution < -0.4 is 9.47 Å². The third-order valence-electron chi connectivity index (χ3n) is 4.85. The lowest BCUT2D eigenvalue weighted by molar-refractivity contribution is -0.114. The van der Waals surface area contributed by atoms with Crippen LogP contribution in [0.25, 0.3) is 6.08 Å². The first-order chi connectivity index (χ1) is 15.9. The van der Waals surface area contributed by atoms with Crippen molar-refractivity contribution in [3.63, 3.8) is 0 Å². The number of hydrazone groups is 1. The number of halogens is 2. The topological polar surface area (TPSA) is 87.3 Å². The van der Waals surface area contributed by atoms with Crippen LogP contribution in [-0.2, 0) is 11.4 Å². The molecule has 0 spiro atoms. The van der Waals surface area contributed by atoms with E-state index in [1.807, 2.05) is 6.92 Å². The summed E-state index contributed by atoms with van der Waals surface area (Å²) in [4.78, 5) is 16.7. The fourth-order valence-corrected chi connectivity index (χ4v) is 4.50. The molecule has 2 aromatic carbocycles. The van der Waals surface area contributed by atoms with Gasteiger partial charge in [0.25, 0.3) is 5.91 Å². The van der Waals surface area contributed by atoms with Crippen molar-refractivity contribution in [2.75, 3.05) is 7.11 Å². The molecule has 10 heteroatoms. The van der Waals surface area contributed by atoms with E-state index in [1.54, 1.807) is 30.3 Å². The summed E-state index contributed by atoms with van der Waals surface area (Å²) in [5.41, 5.74) is 0.980. The van der Waals surface area contributed by atoms with E-state index in [1.165, 1.54) is 36.0 Å². The maximum Gasteiger partial charge on any atom is 0.283 e. The molecule has 0 unspecified atom stereocenters. The number of aliphatic imine (C=N–C) groups is 1. The molecule has 0 radical (unpaired) electrons. The lowest BCUT2D eigenvalue weighted by Gasteiger charge is -2.20. The van der Waals surface area contributed by atoms with E-state index in [0.717, 1.165) is 17.9 Å². The summed E-state index contributed by atoms with van der Waals surface area (Å²) >= 11 is 7.73. The van der Waals surface area contributed by atoms with Gasteiger partial charge >= 0.3 is 0 Å². The number of rotatable bonds is 7. The molecule has 2 aromatic rings. The Labute approximate surface area is 199 Å². The van der Waals surface area contributed by atoms with E-state index >= 15 is 0 Å². The molecule has 4 rings (SSSR count). The second kappa shape index (κ2) is 9.76. The molecule has 2 heterocycles. The summed E-state index contributed by atoms with van der Waals surface area (Å²) in [6, 6.07) is 9.49. The SMILES string of the molecule is CCCC1=NN2C(=N)C(=Cc3cc(Cl)c(OCc4ccccc4F)c(OC)c3)C(=O)N=C2S1. The normalized spacial score (nSPS) is 16.6. The van der Waals surface area contributed by atoms with E-state index in [4.69, 9.17) is 26.5 Å². The highest BCUT2D eigenvalue weighted by molar-refractivity contribution is 8.26. The van der Waals surface area contributed by atoms with Gasteiger partial charge in [-0.3, -0.25) is 10.2 Å². The zero-order chi connectivity index (χ0) is 23.5. The van der Waals surface area contributed by atoms with Gasteiger partial charge in [-0.25, -0.2) is 4.39 Å². The number of nitrogens with zero attached hydrogens (tertiary/aromatic N) is 3. The number of hydrogen-bond donors (Lipinski definition) is 1. The molecule has 0 aromatic heterocycles. The first kappa shape index (κ1) is 23.0. The fraction of sp³-hybridized carbons (Fsp3) is 0.217. The lowest BCUT2D eigenvalue weighted by Crippen LogP contribution is -2.35. The number of ether oxygens (including phenoxy) is 2. The molecule has 0 bridgehead atoms. The minimum atomic E-state index is -0.526. The quantitative estimate of drug-likeness (QED) is 0.523. The van der Waals surface area contributed by atoms with Crippen molar-refractivity contribution in [1.29, 1.82) is 5.41 Å². The number of benzene rings is 2. The number of amidine groups is 2. The molecule has 0 saturated heterocycles. The van der Waals surface area contributed by atoms with Gasteiger partial charge in [0.2, 0.25) is 5.17 Å². The Kier molecular flexibility index (Phi) is 6.80. The second-order valence-corrected chi connectivity index (χ2v) is 8.63. The Morgan fingerprint density at radius 1 is 1.30 bits per heavy atom. The van der Waals surface area contributed by atoms with Crippen LogP contribution in [0.5, 0.6) is 11.5 Å². The summed E-state index contributed by atoms with van der Waals surface area (Å²) in [6.07, 6.45) is 3.17. The minimum absolute atomic E-state index is 0.0332. The molecule has 0 aliphatic carbocycles. The van der Waals surface area contributed by atoms with Crippen LogP contribution in [-0.4, -0.2) is 34.1 Å². The Morgan fingerprint density at radius 3 is 2.82 bits per heavy atom. The molecule has 0 fully saturated rings. The third kappa shape index (κ3) is 4.79. The number of hydrogen-bond acceptors (Lipinski definition) is 6. The third-order valence-corrected chi connectivity index (χ3v) is 6.10. The summed E-state index contributed by atoms with van der Waals surface area (Å²) in [6.45, 7) is 2.00. The highest BCUT2D eigenvalue weighted by atomic mass is 35.5. The van der Waals surface area contributed by atoms with Crippen molar-refractivity contribution in [2.45, 2.75) is 26.4 Å². The number of thioether (sulfide) groups is 1. The van der Waals surface area contributed by atoms with E-state index in [0.29, 0.717) is 22.0 Å². The molecule has 2 aliphatic rings. The first-order valence-corrected chi connectivity index (χ1v) is 11.3. The van der Waals surface area contributed by atoms with Gasteiger partial charge < -0.3 is 9.47 Å². The summed E-state index contributed by atoms with van der Waals surface area (Å²) < 4.78 is 25.0. The van der Waals surface area contributed by atoms with Crippen molar-refractivity contribution in [1.82, 2.24) is 5.01 Å². The van der Waals surface area contributed by atoms with Gasteiger partial charge in [-0.2, -0.15) is 15.1 Å². The van der Waals surface area contributed by atoms with Crippen LogP contribution in [0, 0.1) is 11.2 Å². The van der Waals surface area contributed by atoms with Crippen LogP contribution in [0.2, 0.25) is 5.02 Å². The number of amides is 1. The van der Waals surface area contributed by atoms with E-state index in [-0.39, 0.29) is 34.6 Å². The van der Waals surface area contributed by atoms with Gasteiger partial charge in [0, 0.05) is 5.56 Å². The van der Waals surface area contributed by atoms with E-state index in [9.17, 15) is 9.18 Å². The average Bonchev–Trinajstić information content (AvgIpc) is 3.19. The standard InChI is InChI=1S/C23H20ClFN4O3S/c1-3-6-19-28-29-21(26)15(22(30)27-23(29)33-19)9-13-10-16(24)20(18(11-13)31-2)32-12-14-7-4-5-8-17(14)25/h4-5,7-11,26H,3,6,12H2,1-2H3. The number of nitrogens with one attached hydrogen (secondary N) is 1. The van der Waals surface area contributed by atoms with Crippen molar-refractivity contribution in [3.05, 3.63) is 63.9 Å². The minimum Gasteiger partial charge on any atom is -0.493 e. The van der Waals surface area contributed by atoms with Crippen molar-refractivity contribution < 1.29 is 18.7 Å². The highest BCUT2D eigenvalue weighted by Gasteiger charge is 2.35. The van der Waals surface area contributed by atoms with Gasteiger partial charge in [-0.05, 0) is 54.4 Å². The molecule has 170 valence electrons. The summed E-state index contributed by atoms with van der Waals surface area (Å²) in [5.74, 6) is -0.405. The lowest BCUT2D eigenvalue weighted by atomic mass is 10.1. The Bertz CT molecular complexity index is 1230. The smallest absolute Gasteiger partial charge is 0.283 e. The predicted octanol–water partition coefficient (Wildman–Crippen LogP) is 5.49. The molecular weight excluding hydrogens is 467 g/mol. The van der Waals surface area contributed by atoms with Gasteiger partial charge in [0.05, 0.1) is 17.7 Å². The number of carbonyl (C=O) groups is 1. The molecule has 1 amide bonds. The number of fused-ring (bicyclic) bond motifs is 1. The maximum atomic E-state index is 13.9. The largest absolute Gasteiger partial charge is 0.493 e. The molecular formula is C23H20ClFN4O3S. The van der Waals surface area contributed by atoms with Crippen LogP contribution in [0.15, 0.2) is 52.1 Å². The van der Waals surface area contributed by atoms with Crippen LogP contribution in [0.3, 0.4) is 0 Å². The fourth-order valence-electron chi connectivity index (χ4n) is 3.24. The Hall–Kier alpha value is -3.17. The molecule has 7 nitrogen and oxygen atoms in total.